The Kier molecular flexibility index (Phi) is 6.12. The summed E-state index contributed by atoms with van der Waals surface area (Å²) in [5.41, 5.74) is 2.71. The highest BCUT2D eigenvalue weighted by Gasteiger charge is 2.70. The third kappa shape index (κ3) is 3.68. The number of ether oxygens (including phenoxy) is 1. The van der Waals surface area contributed by atoms with E-state index >= 15 is 0 Å². The molecule has 3 aliphatic rings. The standard InChI is InChI=1S/C36H28N2O4/c1-2-21-42-26-15-10-14-25(22-26)32(39)30-31(33(40)24-12-4-3-5-13-24)38-20-19-23-11-6-7-16-27(23)34(38)36(30)28-17-8-9-18-29(28)37-35(36)41/h2-20,22,30-31,34H,1,21H2,(H,37,41)/t30-,31+,34-,36-/m0/s1. The second-order valence-corrected chi connectivity index (χ2v) is 10.8. The van der Waals surface area contributed by atoms with E-state index in [1.54, 1.807) is 42.5 Å². The Morgan fingerprint density at radius 3 is 2.45 bits per heavy atom. The fraction of sp³-hybridized carbons (Fsp3) is 0.139. The number of nitrogens with zero attached hydrogens (tertiary/aromatic N) is 1. The molecule has 0 aliphatic carbocycles. The first-order valence-electron chi connectivity index (χ1n) is 14.0. The van der Waals surface area contributed by atoms with Gasteiger partial charge in [0, 0.05) is 23.0 Å². The van der Waals surface area contributed by atoms with Gasteiger partial charge < -0.3 is 15.0 Å². The molecule has 0 aromatic heterocycles. The minimum absolute atomic E-state index is 0.212. The number of hydrogen-bond acceptors (Lipinski definition) is 5. The number of hydrogen-bond donors (Lipinski definition) is 1. The Hall–Kier alpha value is -5.23. The molecule has 3 aliphatic heterocycles. The molecule has 4 aromatic carbocycles. The van der Waals surface area contributed by atoms with Gasteiger partial charge in [-0.15, -0.1) is 0 Å². The smallest absolute Gasteiger partial charge is 0.238 e. The Bertz CT molecular complexity index is 1780. The highest BCUT2D eigenvalue weighted by molar-refractivity contribution is 6.16. The molecule has 0 bridgehead atoms. The van der Waals surface area contributed by atoms with Crippen LogP contribution in [0.3, 0.4) is 0 Å². The van der Waals surface area contributed by atoms with E-state index in [4.69, 9.17) is 4.74 Å². The number of amides is 1. The first kappa shape index (κ1) is 25.7. The van der Waals surface area contributed by atoms with Crippen LogP contribution in [0.5, 0.6) is 5.75 Å². The van der Waals surface area contributed by atoms with Crippen LogP contribution in [-0.2, 0) is 10.2 Å². The second kappa shape index (κ2) is 10.00. The molecule has 1 spiro atoms. The second-order valence-electron chi connectivity index (χ2n) is 10.8. The van der Waals surface area contributed by atoms with Crippen LogP contribution in [0.4, 0.5) is 5.69 Å². The molecule has 42 heavy (non-hydrogen) atoms. The number of Topliss-reactive ketones (excluding diaryl/α,β-unsaturated/α-hetero) is 2. The molecule has 6 nitrogen and oxygen atoms in total. The van der Waals surface area contributed by atoms with Gasteiger partial charge in [-0.05, 0) is 41.0 Å². The summed E-state index contributed by atoms with van der Waals surface area (Å²) in [5.74, 6) is -1.32. The van der Waals surface area contributed by atoms with Crippen LogP contribution in [0.25, 0.3) is 6.08 Å². The van der Waals surface area contributed by atoms with Gasteiger partial charge in [0.15, 0.2) is 11.6 Å². The Morgan fingerprint density at radius 2 is 1.62 bits per heavy atom. The third-order valence-corrected chi connectivity index (χ3v) is 8.67. The molecule has 1 amide bonds. The van der Waals surface area contributed by atoms with E-state index in [0.717, 1.165) is 16.7 Å². The van der Waals surface area contributed by atoms with Crippen molar-refractivity contribution >= 4 is 29.2 Å². The van der Waals surface area contributed by atoms with Gasteiger partial charge >= 0.3 is 0 Å². The van der Waals surface area contributed by atoms with Crippen molar-refractivity contribution in [1.82, 2.24) is 4.90 Å². The molecule has 0 saturated carbocycles. The maximum absolute atomic E-state index is 14.9. The maximum atomic E-state index is 14.9. The number of para-hydroxylation sites is 1. The van der Waals surface area contributed by atoms with Crippen molar-refractivity contribution in [3.8, 4) is 5.75 Å². The summed E-state index contributed by atoms with van der Waals surface area (Å²) in [6, 6.07) is 29.8. The molecule has 1 N–H and O–H groups in total. The zero-order valence-corrected chi connectivity index (χ0v) is 22.8. The first-order valence-corrected chi connectivity index (χ1v) is 14.0. The van der Waals surface area contributed by atoms with Crippen LogP contribution in [-0.4, -0.2) is 35.0 Å². The van der Waals surface area contributed by atoms with Crippen molar-refractivity contribution in [3.63, 3.8) is 0 Å². The van der Waals surface area contributed by atoms with Crippen LogP contribution in [0.1, 0.15) is 43.4 Å². The van der Waals surface area contributed by atoms with Crippen LogP contribution in [0.2, 0.25) is 0 Å². The van der Waals surface area contributed by atoms with E-state index in [1.165, 1.54) is 0 Å². The summed E-state index contributed by atoms with van der Waals surface area (Å²) in [6.45, 7) is 3.99. The van der Waals surface area contributed by atoms with Gasteiger partial charge in [0.25, 0.3) is 0 Å². The zero-order chi connectivity index (χ0) is 28.8. The third-order valence-electron chi connectivity index (χ3n) is 8.67. The molecular formula is C36H28N2O4. The predicted octanol–water partition coefficient (Wildman–Crippen LogP) is 6.23. The van der Waals surface area contributed by atoms with Gasteiger partial charge in [0.05, 0.1) is 12.0 Å². The molecule has 1 fully saturated rings. The van der Waals surface area contributed by atoms with Crippen molar-refractivity contribution in [2.75, 3.05) is 11.9 Å². The Labute approximate surface area is 243 Å². The number of rotatable bonds is 7. The van der Waals surface area contributed by atoms with Crippen LogP contribution < -0.4 is 10.1 Å². The van der Waals surface area contributed by atoms with Gasteiger partial charge in [-0.2, -0.15) is 0 Å². The summed E-state index contributed by atoms with van der Waals surface area (Å²) in [4.78, 5) is 45.9. The van der Waals surface area contributed by atoms with E-state index in [2.05, 4.69) is 11.9 Å². The summed E-state index contributed by atoms with van der Waals surface area (Å²) in [7, 11) is 0. The van der Waals surface area contributed by atoms with Crippen LogP contribution in [0.15, 0.2) is 122 Å². The van der Waals surface area contributed by atoms with Crippen molar-refractivity contribution in [2.24, 2.45) is 5.92 Å². The molecule has 4 atom stereocenters. The largest absolute Gasteiger partial charge is 0.490 e. The van der Waals surface area contributed by atoms with Crippen LogP contribution >= 0.6 is 0 Å². The van der Waals surface area contributed by atoms with Gasteiger partial charge in [-0.25, -0.2) is 0 Å². The fourth-order valence-electron chi connectivity index (χ4n) is 7.01. The number of carbonyl (C=O) groups is 3. The van der Waals surface area contributed by atoms with Gasteiger partial charge in [-0.1, -0.05) is 97.6 Å². The van der Waals surface area contributed by atoms with Crippen molar-refractivity contribution in [1.29, 1.82) is 0 Å². The lowest BCUT2D eigenvalue weighted by atomic mass is 9.62. The molecule has 6 heteroatoms. The summed E-state index contributed by atoms with van der Waals surface area (Å²) in [6.07, 6.45) is 5.47. The molecule has 0 unspecified atom stereocenters. The van der Waals surface area contributed by atoms with Gasteiger partial charge in [-0.3, -0.25) is 14.4 Å². The summed E-state index contributed by atoms with van der Waals surface area (Å²) in [5, 5.41) is 3.08. The number of ketones is 2. The SMILES string of the molecule is C=CCOc1cccc(C(=O)[C@@H]2[C@H](C(=O)c3ccccc3)N3C=Cc4ccccc4[C@H]3[C@@]23C(=O)Nc2ccccc23)c1. The number of benzene rings is 4. The summed E-state index contributed by atoms with van der Waals surface area (Å²) < 4.78 is 5.75. The Morgan fingerprint density at radius 1 is 0.881 bits per heavy atom. The van der Waals surface area contributed by atoms with E-state index in [0.29, 0.717) is 22.6 Å². The average Bonchev–Trinajstić information content (AvgIpc) is 3.52. The Balaban J connectivity index is 1.50. The van der Waals surface area contributed by atoms with Gasteiger partial charge in [0.2, 0.25) is 5.91 Å². The topological polar surface area (TPSA) is 75.7 Å². The average molecular weight is 553 g/mol. The van der Waals surface area contributed by atoms with E-state index in [-0.39, 0.29) is 24.1 Å². The van der Waals surface area contributed by atoms with Crippen molar-refractivity contribution in [2.45, 2.75) is 17.5 Å². The highest BCUT2D eigenvalue weighted by Crippen LogP contribution is 2.62. The molecular weight excluding hydrogens is 524 g/mol. The minimum Gasteiger partial charge on any atom is -0.490 e. The maximum Gasteiger partial charge on any atom is 0.238 e. The van der Waals surface area contributed by atoms with Crippen LogP contribution in [0, 0.1) is 5.92 Å². The number of anilines is 1. The molecule has 7 rings (SSSR count). The molecule has 206 valence electrons. The highest BCUT2D eigenvalue weighted by atomic mass is 16.5. The number of carbonyl (C=O) groups excluding carboxylic acids is 3. The zero-order valence-electron chi connectivity index (χ0n) is 22.8. The number of nitrogens with one attached hydrogen (secondary N) is 1. The quantitative estimate of drug-likeness (QED) is 0.217. The molecule has 1 saturated heterocycles. The fourth-order valence-corrected chi connectivity index (χ4v) is 7.01. The lowest BCUT2D eigenvalue weighted by Gasteiger charge is -2.38. The molecule has 0 radical (unpaired) electrons. The number of fused-ring (bicyclic) bond motifs is 6. The molecule has 4 aromatic rings. The molecule has 3 heterocycles. The minimum atomic E-state index is -1.37. The predicted molar refractivity (Wildman–Crippen MR) is 161 cm³/mol. The lowest BCUT2D eigenvalue weighted by Crippen LogP contribution is -2.49. The lowest BCUT2D eigenvalue weighted by molar-refractivity contribution is -0.122. The first-order chi connectivity index (χ1) is 20.6. The van der Waals surface area contributed by atoms with E-state index < -0.39 is 23.4 Å². The van der Waals surface area contributed by atoms with Crippen molar-refractivity contribution in [3.05, 3.63) is 150 Å². The van der Waals surface area contributed by atoms with E-state index in [9.17, 15) is 14.4 Å². The monoisotopic (exact) mass is 552 g/mol. The van der Waals surface area contributed by atoms with Gasteiger partial charge in [0.1, 0.15) is 23.8 Å². The van der Waals surface area contributed by atoms with Crippen molar-refractivity contribution < 1.29 is 19.1 Å². The normalized spacial score (nSPS) is 23.1. The van der Waals surface area contributed by atoms with E-state index in [1.807, 2.05) is 83.9 Å². The summed E-state index contributed by atoms with van der Waals surface area (Å²) >= 11 is 0.